The Morgan fingerprint density at radius 3 is 2.94 bits per heavy atom. The number of halogens is 1. The lowest BCUT2D eigenvalue weighted by Crippen LogP contribution is -2.41. The first-order valence-corrected chi connectivity index (χ1v) is 6.04. The van der Waals surface area contributed by atoms with Crippen molar-refractivity contribution in [1.29, 1.82) is 0 Å². The fourth-order valence-electron chi connectivity index (χ4n) is 2.41. The molecule has 1 aliphatic carbocycles. The van der Waals surface area contributed by atoms with E-state index in [9.17, 15) is 4.79 Å². The van der Waals surface area contributed by atoms with E-state index in [0.29, 0.717) is 10.6 Å². The standard InChI is InChI=1S/C12H16ClN3O/c1-12(4-2-3-9(12)14)10(17)8-5-7(13)6-16-11(8)15/h5-6,9H,2-4,14H2,1H3,(H2,15,16). The van der Waals surface area contributed by atoms with E-state index in [2.05, 4.69) is 4.98 Å². The number of nitrogens with two attached hydrogens (primary N) is 2. The minimum absolute atomic E-state index is 0.0463. The third kappa shape index (κ3) is 2.03. The fraction of sp³-hybridized carbons (Fsp3) is 0.500. The van der Waals surface area contributed by atoms with E-state index in [4.69, 9.17) is 23.1 Å². The molecule has 2 atom stereocenters. The number of carbonyl (C=O) groups is 1. The largest absolute Gasteiger partial charge is 0.383 e. The van der Waals surface area contributed by atoms with Gasteiger partial charge in [0.1, 0.15) is 5.82 Å². The summed E-state index contributed by atoms with van der Waals surface area (Å²) in [5.41, 5.74) is 11.6. The number of pyridine rings is 1. The molecule has 0 amide bonds. The van der Waals surface area contributed by atoms with Crippen molar-refractivity contribution in [3.05, 3.63) is 22.8 Å². The SMILES string of the molecule is CC1(C(=O)c2cc(Cl)cnc2N)CCCC1N. The highest BCUT2D eigenvalue weighted by molar-refractivity contribution is 6.31. The van der Waals surface area contributed by atoms with Crippen molar-refractivity contribution in [2.24, 2.45) is 11.1 Å². The minimum atomic E-state index is -0.541. The molecule has 92 valence electrons. The van der Waals surface area contributed by atoms with Crippen molar-refractivity contribution in [2.75, 3.05) is 5.73 Å². The van der Waals surface area contributed by atoms with Crippen molar-refractivity contribution >= 4 is 23.2 Å². The third-order valence-corrected chi connectivity index (χ3v) is 3.88. The number of ketones is 1. The van der Waals surface area contributed by atoms with Crippen LogP contribution in [0.1, 0.15) is 36.5 Å². The smallest absolute Gasteiger partial charge is 0.174 e. The summed E-state index contributed by atoms with van der Waals surface area (Å²) >= 11 is 5.85. The second-order valence-corrected chi connectivity index (χ2v) is 5.27. The van der Waals surface area contributed by atoms with Crippen LogP contribution in [0.25, 0.3) is 0 Å². The van der Waals surface area contributed by atoms with Gasteiger partial charge in [-0.15, -0.1) is 0 Å². The molecule has 1 aromatic heterocycles. The molecular weight excluding hydrogens is 238 g/mol. The Labute approximate surface area is 105 Å². The maximum Gasteiger partial charge on any atom is 0.174 e. The number of anilines is 1. The summed E-state index contributed by atoms with van der Waals surface area (Å²) in [6.45, 7) is 1.90. The lowest BCUT2D eigenvalue weighted by atomic mass is 9.78. The van der Waals surface area contributed by atoms with Crippen molar-refractivity contribution in [2.45, 2.75) is 32.2 Å². The highest BCUT2D eigenvalue weighted by Crippen LogP contribution is 2.40. The highest BCUT2D eigenvalue weighted by atomic mass is 35.5. The van der Waals surface area contributed by atoms with Crippen LogP contribution in [-0.2, 0) is 0 Å². The summed E-state index contributed by atoms with van der Waals surface area (Å²) in [5, 5.41) is 0.415. The van der Waals surface area contributed by atoms with Gasteiger partial charge in [0.15, 0.2) is 5.78 Å². The molecule has 5 heteroatoms. The average Bonchev–Trinajstić information content (AvgIpc) is 2.63. The Balaban J connectivity index is 2.40. The molecule has 1 aliphatic rings. The molecule has 0 radical (unpaired) electrons. The van der Waals surface area contributed by atoms with Crippen LogP contribution in [-0.4, -0.2) is 16.8 Å². The number of aromatic nitrogens is 1. The lowest BCUT2D eigenvalue weighted by Gasteiger charge is -2.27. The van der Waals surface area contributed by atoms with Crippen LogP contribution in [0.4, 0.5) is 5.82 Å². The summed E-state index contributed by atoms with van der Waals surface area (Å²) in [5.74, 6) is 0.176. The Morgan fingerprint density at radius 1 is 1.65 bits per heavy atom. The van der Waals surface area contributed by atoms with Gasteiger partial charge in [-0.3, -0.25) is 4.79 Å². The highest BCUT2D eigenvalue weighted by Gasteiger charge is 2.43. The first kappa shape index (κ1) is 12.3. The summed E-state index contributed by atoms with van der Waals surface area (Å²) < 4.78 is 0. The zero-order chi connectivity index (χ0) is 12.6. The Hall–Kier alpha value is -1.13. The van der Waals surface area contributed by atoms with Gasteiger partial charge in [-0.1, -0.05) is 24.9 Å². The molecule has 0 bridgehead atoms. The molecule has 4 nitrogen and oxygen atoms in total. The molecule has 1 saturated carbocycles. The summed E-state index contributed by atoms with van der Waals surface area (Å²) in [7, 11) is 0. The second-order valence-electron chi connectivity index (χ2n) is 4.83. The summed E-state index contributed by atoms with van der Waals surface area (Å²) in [4.78, 5) is 16.4. The number of carbonyl (C=O) groups excluding carboxylic acids is 1. The van der Waals surface area contributed by atoms with Gasteiger partial charge in [0.2, 0.25) is 0 Å². The van der Waals surface area contributed by atoms with Crippen LogP contribution in [0.5, 0.6) is 0 Å². The van der Waals surface area contributed by atoms with Gasteiger partial charge >= 0.3 is 0 Å². The van der Waals surface area contributed by atoms with E-state index in [1.54, 1.807) is 6.07 Å². The molecule has 1 aromatic rings. The van der Waals surface area contributed by atoms with E-state index < -0.39 is 5.41 Å². The summed E-state index contributed by atoms with van der Waals surface area (Å²) in [6, 6.07) is 1.45. The van der Waals surface area contributed by atoms with E-state index in [1.807, 2.05) is 6.92 Å². The van der Waals surface area contributed by atoms with E-state index in [0.717, 1.165) is 19.3 Å². The minimum Gasteiger partial charge on any atom is -0.383 e. The fourth-order valence-corrected chi connectivity index (χ4v) is 2.57. The zero-order valence-corrected chi connectivity index (χ0v) is 10.5. The summed E-state index contributed by atoms with van der Waals surface area (Å²) in [6.07, 6.45) is 4.07. The van der Waals surface area contributed by atoms with Gasteiger partial charge in [-0.05, 0) is 18.9 Å². The molecule has 1 heterocycles. The molecule has 2 rings (SSSR count). The Bertz CT molecular complexity index is 463. The molecule has 2 unspecified atom stereocenters. The third-order valence-electron chi connectivity index (χ3n) is 3.68. The molecule has 0 saturated heterocycles. The van der Waals surface area contributed by atoms with Gasteiger partial charge in [0.25, 0.3) is 0 Å². The predicted octanol–water partition coefficient (Wildman–Crippen LogP) is 2.02. The number of nitrogens with zero attached hydrogens (tertiary/aromatic N) is 1. The van der Waals surface area contributed by atoms with Crippen molar-refractivity contribution in [1.82, 2.24) is 4.98 Å². The second kappa shape index (κ2) is 4.27. The lowest BCUT2D eigenvalue weighted by molar-refractivity contribution is 0.0803. The van der Waals surface area contributed by atoms with Crippen LogP contribution in [0.15, 0.2) is 12.3 Å². The van der Waals surface area contributed by atoms with Gasteiger partial charge in [0.05, 0.1) is 10.6 Å². The topological polar surface area (TPSA) is 82.0 Å². The van der Waals surface area contributed by atoms with Gasteiger partial charge in [0, 0.05) is 17.7 Å². The predicted molar refractivity (Wildman–Crippen MR) is 67.9 cm³/mol. The van der Waals surface area contributed by atoms with Gasteiger partial charge in [-0.2, -0.15) is 0 Å². The molecule has 0 aromatic carbocycles. The van der Waals surface area contributed by atoms with E-state index in [1.165, 1.54) is 6.20 Å². The maximum absolute atomic E-state index is 12.5. The van der Waals surface area contributed by atoms with Crippen molar-refractivity contribution < 1.29 is 4.79 Å². The molecule has 0 spiro atoms. The maximum atomic E-state index is 12.5. The number of Topliss-reactive ketones (excluding diaryl/α,β-unsaturated/α-hetero) is 1. The van der Waals surface area contributed by atoms with Crippen LogP contribution in [0.3, 0.4) is 0 Å². The molecule has 17 heavy (non-hydrogen) atoms. The molecular formula is C12H16ClN3O. The van der Waals surface area contributed by atoms with Crippen molar-refractivity contribution in [3.8, 4) is 0 Å². The Morgan fingerprint density at radius 2 is 2.35 bits per heavy atom. The van der Waals surface area contributed by atoms with Crippen LogP contribution >= 0.6 is 11.6 Å². The van der Waals surface area contributed by atoms with E-state index in [-0.39, 0.29) is 17.6 Å². The normalized spacial score (nSPS) is 28.3. The first-order valence-electron chi connectivity index (χ1n) is 5.66. The average molecular weight is 254 g/mol. The molecule has 4 N–H and O–H groups in total. The molecule has 0 aliphatic heterocycles. The molecule has 1 fully saturated rings. The van der Waals surface area contributed by atoms with Crippen molar-refractivity contribution in [3.63, 3.8) is 0 Å². The van der Waals surface area contributed by atoms with Gasteiger partial charge < -0.3 is 11.5 Å². The Kier molecular flexibility index (Phi) is 3.10. The van der Waals surface area contributed by atoms with Crippen LogP contribution in [0, 0.1) is 5.41 Å². The number of hydrogen-bond donors (Lipinski definition) is 2. The quantitative estimate of drug-likeness (QED) is 0.790. The van der Waals surface area contributed by atoms with E-state index >= 15 is 0 Å². The van der Waals surface area contributed by atoms with Gasteiger partial charge in [-0.25, -0.2) is 4.98 Å². The number of hydrogen-bond acceptors (Lipinski definition) is 4. The first-order chi connectivity index (χ1) is 7.95. The number of rotatable bonds is 2. The monoisotopic (exact) mass is 253 g/mol. The van der Waals surface area contributed by atoms with Crippen LogP contribution in [0.2, 0.25) is 5.02 Å². The zero-order valence-electron chi connectivity index (χ0n) is 9.74. The number of nitrogen functional groups attached to an aromatic ring is 1. The van der Waals surface area contributed by atoms with Crippen LogP contribution < -0.4 is 11.5 Å².